The number of aryl methyl sites for hydroxylation is 1. The summed E-state index contributed by atoms with van der Waals surface area (Å²) in [5.41, 5.74) is 5.34. The highest BCUT2D eigenvalue weighted by atomic mass is 35.5. The monoisotopic (exact) mass is 415 g/mol. The van der Waals surface area contributed by atoms with E-state index >= 15 is 0 Å². The normalized spacial score (nSPS) is 16.5. The predicted molar refractivity (Wildman–Crippen MR) is 121 cm³/mol. The van der Waals surface area contributed by atoms with Crippen LogP contribution in [0.1, 0.15) is 29.3 Å². The van der Waals surface area contributed by atoms with Crippen molar-refractivity contribution in [2.45, 2.75) is 25.8 Å². The smallest absolute Gasteiger partial charge is 0.227 e. The number of hydrogen-bond acceptors (Lipinski definition) is 2. The van der Waals surface area contributed by atoms with Gasteiger partial charge >= 0.3 is 0 Å². The van der Waals surface area contributed by atoms with Crippen LogP contribution >= 0.6 is 11.6 Å². The number of halogens is 1. The molecule has 5 heteroatoms. The first-order valence-electron chi connectivity index (χ1n) is 10.2. The molecule has 1 aliphatic heterocycles. The zero-order valence-electron chi connectivity index (χ0n) is 16.8. The van der Waals surface area contributed by atoms with Gasteiger partial charge in [0.25, 0.3) is 0 Å². The number of hydrogen-bond donors (Lipinski definition) is 0. The van der Waals surface area contributed by atoms with Crippen LogP contribution in [-0.2, 0) is 11.3 Å². The Hall–Kier alpha value is -3.11. The van der Waals surface area contributed by atoms with Crippen molar-refractivity contribution in [1.82, 2.24) is 9.55 Å². The quantitative estimate of drug-likeness (QED) is 0.437. The van der Waals surface area contributed by atoms with Crippen LogP contribution in [0.15, 0.2) is 72.8 Å². The van der Waals surface area contributed by atoms with E-state index in [-0.39, 0.29) is 11.8 Å². The molecule has 1 fully saturated rings. The molecule has 1 aromatic heterocycles. The molecule has 3 aromatic carbocycles. The van der Waals surface area contributed by atoms with Gasteiger partial charge in [-0.15, -0.1) is 0 Å². The Morgan fingerprint density at radius 1 is 1.00 bits per heavy atom. The van der Waals surface area contributed by atoms with Gasteiger partial charge in [-0.3, -0.25) is 4.79 Å². The largest absolute Gasteiger partial charge is 0.323 e. The van der Waals surface area contributed by atoms with Gasteiger partial charge < -0.3 is 9.47 Å². The van der Waals surface area contributed by atoms with Gasteiger partial charge in [-0.05, 0) is 42.3 Å². The van der Waals surface area contributed by atoms with Gasteiger partial charge in [0.05, 0.1) is 21.7 Å². The van der Waals surface area contributed by atoms with E-state index in [1.54, 1.807) is 4.90 Å². The Bertz CT molecular complexity index is 1250. The molecule has 4 aromatic rings. The van der Waals surface area contributed by atoms with Crippen LogP contribution in [0.5, 0.6) is 0 Å². The number of carbonyl (C=O) groups is 1. The maximum atomic E-state index is 12.9. The fourth-order valence-electron chi connectivity index (χ4n) is 4.31. The van der Waals surface area contributed by atoms with E-state index in [4.69, 9.17) is 16.6 Å². The average molecular weight is 416 g/mol. The Kier molecular flexibility index (Phi) is 4.80. The number of fused-ring (bicyclic) bond motifs is 1. The summed E-state index contributed by atoms with van der Waals surface area (Å²) in [6, 6.07) is 24.1. The number of benzene rings is 3. The van der Waals surface area contributed by atoms with E-state index in [0.29, 0.717) is 18.0 Å². The molecule has 2 heterocycles. The maximum absolute atomic E-state index is 12.9. The van der Waals surface area contributed by atoms with Crippen LogP contribution in [0.25, 0.3) is 11.0 Å². The summed E-state index contributed by atoms with van der Waals surface area (Å²) in [6.07, 6.45) is 0.433. The molecule has 1 aliphatic rings. The number of carbonyl (C=O) groups excluding carboxylic acids is 1. The van der Waals surface area contributed by atoms with Crippen LogP contribution < -0.4 is 4.90 Å². The molecule has 0 saturated carbocycles. The van der Waals surface area contributed by atoms with Crippen molar-refractivity contribution in [3.63, 3.8) is 0 Å². The lowest BCUT2D eigenvalue weighted by Gasteiger charge is -2.19. The Morgan fingerprint density at radius 2 is 1.73 bits per heavy atom. The van der Waals surface area contributed by atoms with E-state index in [0.717, 1.165) is 29.1 Å². The van der Waals surface area contributed by atoms with Gasteiger partial charge in [0.15, 0.2) is 0 Å². The lowest BCUT2D eigenvalue weighted by Crippen LogP contribution is -2.24. The second-order valence-corrected chi connectivity index (χ2v) is 8.24. The van der Waals surface area contributed by atoms with E-state index in [1.165, 1.54) is 11.1 Å². The minimum atomic E-state index is 0.0187. The molecule has 0 bridgehead atoms. The Balaban J connectivity index is 1.55. The SMILES string of the molecule is Cc1ccccc1Cn1c([C@H]2CC(=O)N(c3ccccc3Cl)C2)nc2ccccc21. The molecule has 150 valence electrons. The highest BCUT2D eigenvalue weighted by Gasteiger charge is 2.35. The topological polar surface area (TPSA) is 38.1 Å². The zero-order valence-corrected chi connectivity index (χ0v) is 17.5. The molecule has 4 nitrogen and oxygen atoms in total. The molecule has 5 rings (SSSR count). The fraction of sp³-hybridized carbons (Fsp3) is 0.200. The first-order chi connectivity index (χ1) is 14.6. The molecule has 0 aliphatic carbocycles. The van der Waals surface area contributed by atoms with Crippen molar-refractivity contribution in [3.05, 3.63) is 94.8 Å². The van der Waals surface area contributed by atoms with E-state index < -0.39 is 0 Å². The minimum absolute atomic E-state index is 0.0187. The highest BCUT2D eigenvalue weighted by Crippen LogP contribution is 2.36. The summed E-state index contributed by atoms with van der Waals surface area (Å²) in [6.45, 7) is 3.45. The van der Waals surface area contributed by atoms with Crippen molar-refractivity contribution >= 4 is 34.2 Å². The van der Waals surface area contributed by atoms with Crippen molar-refractivity contribution in [2.24, 2.45) is 0 Å². The highest BCUT2D eigenvalue weighted by molar-refractivity contribution is 6.33. The van der Waals surface area contributed by atoms with Crippen molar-refractivity contribution in [1.29, 1.82) is 0 Å². The molecule has 0 unspecified atom stereocenters. The number of amides is 1. The summed E-state index contributed by atoms with van der Waals surface area (Å²) >= 11 is 6.37. The lowest BCUT2D eigenvalue weighted by molar-refractivity contribution is -0.117. The van der Waals surface area contributed by atoms with E-state index in [1.807, 2.05) is 42.5 Å². The standard InChI is InChI=1S/C25H22ClN3O/c1-17-8-2-3-9-18(17)15-29-23-13-7-5-11-21(23)27-25(29)19-14-24(30)28(16-19)22-12-6-4-10-20(22)26/h2-13,19H,14-16H2,1H3/t19-/m0/s1. The molecule has 30 heavy (non-hydrogen) atoms. The van der Waals surface area contributed by atoms with Crippen LogP contribution in [0.2, 0.25) is 5.02 Å². The Morgan fingerprint density at radius 3 is 2.57 bits per heavy atom. The van der Waals surface area contributed by atoms with Crippen molar-refractivity contribution in [2.75, 3.05) is 11.4 Å². The third kappa shape index (κ3) is 3.27. The second kappa shape index (κ2) is 7.62. The molecular weight excluding hydrogens is 394 g/mol. The van der Waals surface area contributed by atoms with E-state index in [2.05, 4.69) is 41.8 Å². The average Bonchev–Trinajstić information content (AvgIpc) is 3.31. The number of para-hydroxylation sites is 3. The van der Waals surface area contributed by atoms with Gasteiger partial charge in [0.2, 0.25) is 5.91 Å². The molecular formula is C25H22ClN3O. The molecule has 0 radical (unpaired) electrons. The summed E-state index contributed by atoms with van der Waals surface area (Å²) in [4.78, 5) is 19.6. The first kappa shape index (κ1) is 18.9. The molecule has 0 spiro atoms. The summed E-state index contributed by atoms with van der Waals surface area (Å²) in [7, 11) is 0. The minimum Gasteiger partial charge on any atom is -0.323 e. The van der Waals surface area contributed by atoms with Crippen LogP contribution in [0.3, 0.4) is 0 Å². The van der Waals surface area contributed by atoms with Crippen LogP contribution in [-0.4, -0.2) is 22.0 Å². The molecule has 1 saturated heterocycles. The van der Waals surface area contributed by atoms with E-state index in [9.17, 15) is 4.79 Å². The number of aromatic nitrogens is 2. The second-order valence-electron chi connectivity index (χ2n) is 7.83. The van der Waals surface area contributed by atoms with Gasteiger partial charge in [-0.2, -0.15) is 0 Å². The lowest BCUT2D eigenvalue weighted by atomic mass is 10.1. The maximum Gasteiger partial charge on any atom is 0.227 e. The zero-order chi connectivity index (χ0) is 20.7. The number of nitrogens with zero attached hydrogens (tertiary/aromatic N) is 3. The number of anilines is 1. The van der Waals surface area contributed by atoms with Gasteiger partial charge in [0.1, 0.15) is 5.82 Å². The molecule has 1 atom stereocenters. The molecule has 0 N–H and O–H groups in total. The first-order valence-corrected chi connectivity index (χ1v) is 10.5. The van der Waals surface area contributed by atoms with Crippen LogP contribution in [0.4, 0.5) is 5.69 Å². The van der Waals surface area contributed by atoms with Crippen molar-refractivity contribution in [3.8, 4) is 0 Å². The molecule has 1 amide bonds. The third-order valence-electron chi connectivity index (χ3n) is 5.91. The van der Waals surface area contributed by atoms with Gasteiger partial charge in [-0.1, -0.05) is 60.1 Å². The third-order valence-corrected chi connectivity index (χ3v) is 6.23. The number of rotatable bonds is 4. The predicted octanol–water partition coefficient (Wildman–Crippen LogP) is 5.57. The number of imidazole rings is 1. The fourth-order valence-corrected chi connectivity index (χ4v) is 4.55. The van der Waals surface area contributed by atoms with Gasteiger partial charge in [-0.25, -0.2) is 4.98 Å². The summed E-state index contributed by atoms with van der Waals surface area (Å²) < 4.78 is 2.27. The van der Waals surface area contributed by atoms with Crippen LogP contribution in [0, 0.1) is 6.92 Å². The summed E-state index contributed by atoms with van der Waals surface area (Å²) in [5, 5.41) is 0.597. The van der Waals surface area contributed by atoms with Crippen molar-refractivity contribution < 1.29 is 4.79 Å². The summed E-state index contributed by atoms with van der Waals surface area (Å²) in [5.74, 6) is 1.06. The Labute approximate surface area is 180 Å². The van der Waals surface area contributed by atoms with Gasteiger partial charge in [0, 0.05) is 25.4 Å².